The number of nitrogens with two attached hydrogens (primary N) is 1. The molecule has 0 aliphatic carbocycles. The van der Waals surface area contributed by atoms with Crippen LogP contribution in [0, 0.1) is 0 Å². The molecule has 2 atom stereocenters. The first-order valence-corrected chi connectivity index (χ1v) is 21.3. The Labute approximate surface area is 306 Å². The summed E-state index contributed by atoms with van der Waals surface area (Å²) < 4.78 is 33.2. The Kier molecular flexibility index (Phi) is 37.0. The fourth-order valence-corrected chi connectivity index (χ4v) is 5.83. The standard InChI is InChI=1S/C41H74NO7P/c1-3-5-7-9-11-13-15-17-18-19-20-21-23-25-27-29-31-33-36-46-38-40(39-48-50(44,45)47-37-35-42)49-41(43)34-32-30-28-26-24-22-16-14-12-10-8-6-4-2/h6,8,12,14,17-18,22,24,28,30,40H,3-5,7,9-11,13,15-16,19-21,23,25-27,29,31-39,42H2,1-2H3,(H,44,45)/b8-6-,14-12-,18-17-,24-22-,30-28-. The molecule has 2 unspecified atom stereocenters. The van der Waals surface area contributed by atoms with Gasteiger partial charge in [0.2, 0.25) is 0 Å². The van der Waals surface area contributed by atoms with Crippen LogP contribution in [0.15, 0.2) is 60.8 Å². The van der Waals surface area contributed by atoms with Gasteiger partial charge in [0.05, 0.1) is 19.8 Å². The van der Waals surface area contributed by atoms with Crippen molar-refractivity contribution in [1.82, 2.24) is 0 Å². The van der Waals surface area contributed by atoms with E-state index in [0.29, 0.717) is 13.0 Å². The summed E-state index contributed by atoms with van der Waals surface area (Å²) in [5.41, 5.74) is 5.35. The molecule has 0 heterocycles. The maximum absolute atomic E-state index is 12.5. The molecule has 0 aromatic carbocycles. The summed E-state index contributed by atoms with van der Waals surface area (Å²) in [4.78, 5) is 22.3. The monoisotopic (exact) mass is 724 g/mol. The van der Waals surface area contributed by atoms with Crippen LogP contribution >= 0.6 is 7.82 Å². The Hall–Kier alpha value is -1.80. The zero-order valence-corrected chi connectivity index (χ0v) is 32.8. The molecule has 50 heavy (non-hydrogen) atoms. The lowest BCUT2D eigenvalue weighted by molar-refractivity contribution is -0.154. The van der Waals surface area contributed by atoms with Gasteiger partial charge < -0.3 is 20.1 Å². The predicted octanol–water partition coefficient (Wildman–Crippen LogP) is 11.4. The van der Waals surface area contributed by atoms with Crippen LogP contribution in [-0.4, -0.2) is 49.9 Å². The van der Waals surface area contributed by atoms with Crippen LogP contribution in [0.1, 0.15) is 155 Å². The minimum absolute atomic E-state index is 0.0833. The molecule has 290 valence electrons. The van der Waals surface area contributed by atoms with E-state index in [1.807, 2.05) is 12.2 Å². The third kappa shape index (κ3) is 37.5. The highest BCUT2D eigenvalue weighted by Crippen LogP contribution is 2.43. The smallest absolute Gasteiger partial charge is 0.457 e. The molecule has 0 fully saturated rings. The summed E-state index contributed by atoms with van der Waals surface area (Å²) in [5.74, 6) is -0.413. The maximum atomic E-state index is 12.5. The van der Waals surface area contributed by atoms with Crippen LogP contribution in [0.2, 0.25) is 0 Å². The van der Waals surface area contributed by atoms with Gasteiger partial charge in [-0.15, -0.1) is 0 Å². The third-order valence-corrected chi connectivity index (χ3v) is 8.92. The molecule has 0 aliphatic heterocycles. The maximum Gasteiger partial charge on any atom is 0.472 e. The van der Waals surface area contributed by atoms with Crippen molar-refractivity contribution in [2.75, 3.05) is 33.0 Å². The lowest BCUT2D eigenvalue weighted by Crippen LogP contribution is -2.28. The van der Waals surface area contributed by atoms with Gasteiger partial charge in [-0.1, -0.05) is 145 Å². The number of ether oxygens (including phenoxy) is 2. The Morgan fingerprint density at radius 1 is 0.620 bits per heavy atom. The number of rotatable bonds is 37. The second-order valence-corrected chi connectivity index (χ2v) is 14.2. The zero-order valence-electron chi connectivity index (χ0n) is 31.9. The van der Waals surface area contributed by atoms with Gasteiger partial charge in [-0.25, -0.2) is 4.57 Å². The van der Waals surface area contributed by atoms with Gasteiger partial charge in [0.25, 0.3) is 0 Å². The number of hydrogen-bond acceptors (Lipinski definition) is 7. The van der Waals surface area contributed by atoms with Crippen LogP contribution in [0.4, 0.5) is 0 Å². The van der Waals surface area contributed by atoms with Gasteiger partial charge in [0.1, 0.15) is 6.10 Å². The number of allylic oxidation sites excluding steroid dienone is 10. The molecule has 0 aromatic rings. The number of carbonyl (C=O) groups is 1. The van der Waals surface area contributed by atoms with Gasteiger partial charge >= 0.3 is 13.8 Å². The molecule has 0 saturated carbocycles. The molecule has 3 N–H and O–H groups in total. The number of phosphoric acid groups is 1. The highest BCUT2D eigenvalue weighted by atomic mass is 31.2. The minimum atomic E-state index is -4.29. The lowest BCUT2D eigenvalue weighted by Gasteiger charge is -2.20. The predicted molar refractivity (Wildman–Crippen MR) is 210 cm³/mol. The number of esters is 1. The van der Waals surface area contributed by atoms with Crippen LogP contribution in [0.5, 0.6) is 0 Å². The van der Waals surface area contributed by atoms with E-state index < -0.39 is 19.9 Å². The molecule has 0 rings (SSSR count). The average Bonchev–Trinajstić information content (AvgIpc) is 3.10. The first-order chi connectivity index (χ1) is 24.4. The summed E-state index contributed by atoms with van der Waals surface area (Å²) in [5, 5.41) is 0. The van der Waals surface area contributed by atoms with E-state index in [0.717, 1.165) is 38.5 Å². The third-order valence-electron chi connectivity index (χ3n) is 7.93. The van der Waals surface area contributed by atoms with E-state index in [1.54, 1.807) is 0 Å². The van der Waals surface area contributed by atoms with E-state index in [1.165, 1.54) is 89.9 Å². The molecule has 8 nitrogen and oxygen atoms in total. The summed E-state index contributed by atoms with van der Waals surface area (Å²) in [6, 6.07) is 0. The Morgan fingerprint density at radius 3 is 1.68 bits per heavy atom. The molecule has 0 amide bonds. The van der Waals surface area contributed by atoms with Crippen molar-refractivity contribution in [2.45, 2.75) is 161 Å². The van der Waals surface area contributed by atoms with Gasteiger partial charge in [-0.05, 0) is 64.2 Å². The first-order valence-electron chi connectivity index (χ1n) is 19.8. The largest absolute Gasteiger partial charge is 0.472 e. The molecule has 0 aromatic heterocycles. The average molecular weight is 724 g/mol. The van der Waals surface area contributed by atoms with Gasteiger partial charge in [-0.3, -0.25) is 13.8 Å². The minimum Gasteiger partial charge on any atom is -0.457 e. The van der Waals surface area contributed by atoms with E-state index in [-0.39, 0.29) is 32.8 Å². The summed E-state index contributed by atoms with van der Waals surface area (Å²) in [6.07, 6.45) is 45.4. The quantitative estimate of drug-likeness (QED) is 0.0281. The second-order valence-electron chi connectivity index (χ2n) is 12.8. The van der Waals surface area contributed by atoms with E-state index in [2.05, 4.69) is 62.5 Å². The number of phosphoric ester groups is 1. The molecule has 0 saturated heterocycles. The van der Waals surface area contributed by atoms with Crippen molar-refractivity contribution < 1.29 is 32.8 Å². The molecule has 0 aliphatic rings. The van der Waals surface area contributed by atoms with Crippen molar-refractivity contribution in [3.63, 3.8) is 0 Å². The highest BCUT2D eigenvalue weighted by Gasteiger charge is 2.25. The van der Waals surface area contributed by atoms with Crippen molar-refractivity contribution in [3.8, 4) is 0 Å². The van der Waals surface area contributed by atoms with Crippen molar-refractivity contribution in [3.05, 3.63) is 60.8 Å². The molecule has 0 spiro atoms. The van der Waals surface area contributed by atoms with Crippen LogP contribution in [0.25, 0.3) is 0 Å². The van der Waals surface area contributed by atoms with Crippen LogP contribution in [0.3, 0.4) is 0 Å². The Balaban J connectivity index is 4.14. The van der Waals surface area contributed by atoms with Gasteiger partial charge in [0, 0.05) is 19.6 Å². The van der Waals surface area contributed by atoms with Crippen molar-refractivity contribution in [2.24, 2.45) is 5.73 Å². The summed E-state index contributed by atoms with van der Waals surface area (Å²) in [6.45, 7) is 4.68. The van der Waals surface area contributed by atoms with E-state index in [4.69, 9.17) is 24.3 Å². The summed E-state index contributed by atoms with van der Waals surface area (Å²) in [7, 11) is -4.29. The Bertz CT molecular complexity index is 947. The normalized spacial score (nSPS) is 14.2. The fraction of sp³-hybridized carbons (Fsp3) is 0.732. The van der Waals surface area contributed by atoms with Gasteiger partial charge in [-0.2, -0.15) is 0 Å². The molecular weight excluding hydrogens is 649 g/mol. The van der Waals surface area contributed by atoms with Crippen LogP contribution < -0.4 is 5.73 Å². The van der Waals surface area contributed by atoms with Gasteiger partial charge in [0.15, 0.2) is 0 Å². The number of carbonyl (C=O) groups excluding carboxylic acids is 1. The lowest BCUT2D eigenvalue weighted by atomic mass is 10.1. The van der Waals surface area contributed by atoms with E-state index >= 15 is 0 Å². The molecular formula is C41H74NO7P. The van der Waals surface area contributed by atoms with Crippen molar-refractivity contribution in [1.29, 1.82) is 0 Å². The second kappa shape index (κ2) is 38.4. The number of hydrogen-bond donors (Lipinski definition) is 2. The fourth-order valence-electron chi connectivity index (χ4n) is 5.06. The van der Waals surface area contributed by atoms with E-state index in [9.17, 15) is 14.3 Å². The summed E-state index contributed by atoms with van der Waals surface area (Å²) >= 11 is 0. The molecule has 9 heteroatoms. The molecule has 0 bridgehead atoms. The Morgan fingerprint density at radius 2 is 1.12 bits per heavy atom. The van der Waals surface area contributed by atoms with Crippen LogP contribution in [-0.2, 0) is 27.9 Å². The topological polar surface area (TPSA) is 117 Å². The highest BCUT2D eigenvalue weighted by molar-refractivity contribution is 7.47. The molecule has 0 radical (unpaired) electrons. The zero-order chi connectivity index (χ0) is 36.6. The first kappa shape index (κ1) is 48.2. The SMILES string of the molecule is CC/C=C\C/C=C\C/C=C\C/C=C\CCC(=O)OC(COCCCCCCCCCC/C=C\CCCCCCCC)COP(=O)(O)OCCN. The van der Waals surface area contributed by atoms with Crippen molar-refractivity contribution >= 4 is 13.8 Å². The number of unbranched alkanes of at least 4 members (excludes halogenated alkanes) is 14.